The first-order valence-electron chi connectivity index (χ1n) is 8.52. The third kappa shape index (κ3) is 3.30. The largest absolute Gasteiger partial charge is 0.449 e. The van der Waals surface area contributed by atoms with Crippen LogP contribution in [-0.2, 0) is 16.1 Å². The van der Waals surface area contributed by atoms with Crippen LogP contribution in [0, 0.1) is 0 Å². The van der Waals surface area contributed by atoms with Gasteiger partial charge in [0.2, 0.25) is 0 Å². The van der Waals surface area contributed by atoms with Crippen LogP contribution in [0.1, 0.15) is 27.7 Å². The van der Waals surface area contributed by atoms with Gasteiger partial charge in [0, 0.05) is 15.3 Å². The molecule has 4 rings (SSSR count). The average Bonchev–Trinajstić information content (AvgIpc) is 3.34. The maximum absolute atomic E-state index is 12.4. The molecule has 1 aromatic carbocycles. The molecule has 1 saturated heterocycles. The highest BCUT2D eigenvalue weighted by Crippen LogP contribution is 2.33. The summed E-state index contributed by atoms with van der Waals surface area (Å²) in [6.07, 6.45) is 1.11. The van der Waals surface area contributed by atoms with Gasteiger partial charge >= 0.3 is 6.09 Å². The number of carbonyl (C=O) groups excluding carboxylic acids is 3. The topological polar surface area (TPSA) is 87.7 Å². The lowest BCUT2D eigenvalue weighted by molar-refractivity contribution is -0.115. The number of hydrogen-bond acceptors (Lipinski definition) is 6. The number of rotatable bonds is 3. The van der Waals surface area contributed by atoms with Crippen LogP contribution in [0.15, 0.2) is 36.0 Å². The number of carbonyl (C=O) groups is 3. The van der Waals surface area contributed by atoms with Crippen molar-refractivity contribution in [3.63, 3.8) is 0 Å². The minimum atomic E-state index is -0.629. The SMILES string of the molecule is CCOC(=O)N1Cc2cc(-c3ccc(C=C4NC(=S)NC4=O)s3)ccc2C1=O. The molecule has 0 spiro atoms. The second kappa shape index (κ2) is 7.17. The van der Waals surface area contributed by atoms with Crippen LogP contribution in [0.2, 0.25) is 0 Å². The van der Waals surface area contributed by atoms with Crippen LogP contribution in [-0.4, -0.2) is 34.5 Å². The molecule has 2 N–H and O–H groups in total. The van der Waals surface area contributed by atoms with E-state index in [1.54, 1.807) is 19.1 Å². The van der Waals surface area contributed by atoms with E-state index in [0.717, 1.165) is 25.8 Å². The molecule has 2 aliphatic rings. The molecule has 2 aliphatic heterocycles. The number of ether oxygens (including phenoxy) is 1. The zero-order chi connectivity index (χ0) is 19.8. The fourth-order valence-electron chi connectivity index (χ4n) is 3.03. The van der Waals surface area contributed by atoms with Gasteiger partial charge in [-0.25, -0.2) is 9.69 Å². The first-order valence-corrected chi connectivity index (χ1v) is 9.74. The maximum Gasteiger partial charge on any atom is 0.417 e. The Morgan fingerprint density at radius 2 is 2.11 bits per heavy atom. The molecule has 2 aromatic rings. The number of hydrogen-bond donors (Lipinski definition) is 2. The molecule has 3 amide bonds. The molecular formula is C19H15N3O4S2. The van der Waals surface area contributed by atoms with Gasteiger partial charge < -0.3 is 10.1 Å². The molecule has 0 saturated carbocycles. The van der Waals surface area contributed by atoms with E-state index < -0.39 is 6.09 Å². The van der Waals surface area contributed by atoms with Crippen LogP contribution >= 0.6 is 23.6 Å². The first kappa shape index (κ1) is 18.3. The van der Waals surface area contributed by atoms with Crippen molar-refractivity contribution in [2.24, 2.45) is 0 Å². The normalized spacial score (nSPS) is 17.0. The van der Waals surface area contributed by atoms with E-state index in [1.165, 1.54) is 11.3 Å². The number of nitrogens with zero attached hydrogens (tertiary/aromatic N) is 1. The Bertz CT molecular complexity index is 1060. The van der Waals surface area contributed by atoms with Crippen molar-refractivity contribution in [1.29, 1.82) is 0 Å². The van der Waals surface area contributed by atoms with Gasteiger partial charge in [0.1, 0.15) is 5.70 Å². The molecular weight excluding hydrogens is 398 g/mol. The summed E-state index contributed by atoms with van der Waals surface area (Å²) in [6, 6.07) is 9.35. The third-order valence-corrected chi connectivity index (χ3v) is 5.60. The van der Waals surface area contributed by atoms with E-state index in [0.29, 0.717) is 16.4 Å². The summed E-state index contributed by atoms with van der Waals surface area (Å²) in [5.41, 5.74) is 2.64. The molecule has 7 nitrogen and oxygen atoms in total. The molecule has 0 radical (unpaired) electrons. The quantitative estimate of drug-likeness (QED) is 0.594. The minimum Gasteiger partial charge on any atom is -0.449 e. The van der Waals surface area contributed by atoms with Crippen LogP contribution in [0.3, 0.4) is 0 Å². The summed E-state index contributed by atoms with van der Waals surface area (Å²) in [5.74, 6) is -0.596. The standard InChI is InChI=1S/C19H15N3O4S2/c1-2-26-19(25)22-9-11-7-10(3-5-13(11)17(22)24)15-6-4-12(28-15)8-14-16(23)21-18(27)20-14/h3-8H,2,9H2,1H3,(H2,20,21,23,27). The molecule has 28 heavy (non-hydrogen) atoms. The van der Waals surface area contributed by atoms with E-state index in [-0.39, 0.29) is 25.0 Å². The number of fused-ring (bicyclic) bond motifs is 1. The van der Waals surface area contributed by atoms with E-state index in [2.05, 4.69) is 10.6 Å². The van der Waals surface area contributed by atoms with E-state index in [9.17, 15) is 14.4 Å². The highest BCUT2D eigenvalue weighted by molar-refractivity contribution is 7.80. The first-order chi connectivity index (χ1) is 13.5. The minimum absolute atomic E-state index is 0.199. The summed E-state index contributed by atoms with van der Waals surface area (Å²) in [4.78, 5) is 39.0. The zero-order valence-electron chi connectivity index (χ0n) is 14.8. The average molecular weight is 413 g/mol. The van der Waals surface area contributed by atoms with Crippen LogP contribution in [0.4, 0.5) is 4.79 Å². The van der Waals surface area contributed by atoms with E-state index in [1.807, 2.05) is 24.3 Å². The van der Waals surface area contributed by atoms with Gasteiger partial charge in [-0.3, -0.25) is 14.9 Å². The Hall–Kier alpha value is -3.04. The fourth-order valence-corrected chi connectivity index (χ4v) is 4.18. The van der Waals surface area contributed by atoms with Gasteiger partial charge in [-0.15, -0.1) is 11.3 Å². The van der Waals surface area contributed by atoms with Crippen molar-refractivity contribution in [3.8, 4) is 10.4 Å². The van der Waals surface area contributed by atoms with Crippen molar-refractivity contribution in [2.75, 3.05) is 6.61 Å². The van der Waals surface area contributed by atoms with E-state index >= 15 is 0 Å². The monoisotopic (exact) mass is 413 g/mol. The van der Waals surface area contributed by atoms with Crippen LogP contribution in [0.25, 0.3) is 16.5 Å². The third-order valence-electron chi connectivity index (χ3n) is 4.32. The van der Waals surface area contributed by atoms with Crippen molar-refractivity contribution in [2.45, 2.75) is 13.5 Å². The Balaban J connectivity index is 1.57. The maximum atomic E-state index is 12.4. The number of imide groups is 1. The molecule has 142 valence electrons. The molecule has 3 heterocycles. The van der Waals surface area contributed by atoms with Crippen LogP contribution < -0.4 is 10.6 Å². The number of amides is 3. The van der Waals surface area contributed by atoms with Gasteiger partial charge in [-0.05, 0) is 60.6 Å². The summed E-state index contributed by atoms with van der Waals surface area (Å²) >= 11 is 6.43. The van der Waals surface area contributed by atoms with Gasteiger partial charge in [0.25, 0.3) is 11.8 Å². The molecule has 9 heteroatoms. The summed E-state index contributed by atoms with van der Waals surface area (Å²) in [5, 5.41) is 5.64. The number of nitrogens with one attached hydrogen (secondary N) is 2. The lowest BCUT2D eigenvalue weighted by Crippen LogP contribution is -2.31. The number of thiocarbonyl (C=S) groups is 1. The lowest BCUT2D eigenvalue weighted by atomic mass is 10.1. The lowest BCUT2D eigenvalue weighted by Gasteiger charge is -2.12. The second-order valence-corrected chi connectivity index (χ2v) is 7.65. The number of thiophene rings is 1. The highest BCUT2D eigenvalue weighted by Gasteiger charge is 2.33. The molecule has 0 bridgehead atoms. The Morgan fingerprint density at radius 3 is 2.82 bits per heavy atom. The Morgan fingerprint density at radius 1 is 1.29 bits per heavy atom. The van der Waals surface area contributed by atoms with Gasteiger partial charge in [-0.1, -0.05) is 6.07 Å². The summed E-state index contributed by atoms with van der Waals surface area (Å²) in [6.45, 7) is 2.12. The molecule has 1 fully saturated rings. The van der Waals surface area contributed by atoms with Gasteiger partial charge in [0.05, 0.1) is 13.2 Å². The molecule has 1 aromatic heterocycles. The molecule has 0 atom stereocenters. The predicted molar refractivity (Wildman–Crippen MR) is 109 cm³/mol. The van der Waals surface area contributed by atoms with Crippen molar-refractivity contribution in [1.82, 2.24) is 15.5 Å². The molecule has 0 unspecified atom stereocenters. The highest BCUT2D eigenvalue weighted by atomic mass is 32.1. The Kier molecular flexibility index (Phi) is 4.70. The van der Waals surface area contributed by atoms with Crippen molar-refractivity contribution in [3.05, 3.63) is 52.0 Å². The fraction of sp³-hybridized carbons (Fsp3) is 0.158. The Labute approximate surface area is 170 Å². The molecule has 0 aliphatic carbocycles. The summed E-state index contributed by atoms with van der Waals surface area (Å²) < 4.78 is 4.94. The van der Waals surface area contributed by atoms with Crippen molar-refractivity contribution >= 4 is 52.7 Å². The number of benzene rings is 1. The van der Waals surface area contributed by atoms with Gasteiger partial charge in [0.15, 0.2) is 5.11 Å². The van der Waals surface area contributed by atoms with Gasteiger partial charge in [-0.2, -0.15) is 0 Å². The zero-order valence-corrected chi connectivity index (χ0v) is 16.4. The smallest absolute Gasteiger partial charge is 0.417 e. The van der Waals surface area contributed by atoms with E-state index in [4.69, 9.17) is 17.0 Å². The predicted octanol–water partition coefficient (Wildman–Crippen LogP) is 2.87. The van der Waals surface area contributed by atoms with Crippen LogP contribution in [0.5, 0.6) is 0 Å². The second-order valence-electron chi connectivity index (χ2n) is 6.13. The van der Waals surface area contributed by atoms with Crippen molar-refractivity contribution < 1.29 is 19.1 Å². The summed E-state index contributed by atoms with van der Waals surface area (Å²) in [7, 11) is 0.